The molecule has 1 N–H and O–H groups in total. The predicted octanol–water partition coefficient (Wildman–Crippen LogP) is 2.47. The minimum Gasteiger partial charge on any atom is -0.491 e. The molecule has 170 valence electrons. The summed E-state index contributed by atoms with van der Waals surface area (Å²) in [6.45, 7) is 4.01. The minimum atomic E-state index is -0.604. The van der Waals surface area contributed by atoms with Crippen LogP contribution in [0.5, 0.6) is 11.5 Å². The second kappa shape index (κ2) is 10.8. The van der Waals surface area contributed by atoms with Crippen LogP contribution in [0.1, 0.15) is 12.0 Å². The Morgan fingerprint density at radius 1 is 1.00 bits per heavy atom. The van der Waals surface area contributed by atoms with Gasteiger partial charge in [0.05, 0.1) is 11.6 Å². The highest BCUT2D eigenvalue weighted by Crippen LogP contribution is 2.29. The lowest BCUT2D eigenvalue weighted by Crippen LogP contribution is -2.56. The summed E-state index contributed by atoms with van der Waals surface area (Å²) in [5.74, 6) is 2.12. The van der Waals surface area contributed by atoms with E-state index < -0.39 is 6.10 Å². The van der Waals surface area contributed by atoms with Gasteiger partial charge < -0.3 is 19.5 Å². The Hall–Kier alpha value is -3.59. The van der Waals surface area contributed by atoms with Crippen molar-refractivity contribution in [1.29, 1.82) is 10.5 Å². The first-order valence-corrected chi connectivity index (χ1v) is 11.1. The molecular formula is C25H27N5O3. The van der Waals surface area contributed by atoms with Gasteiger partial charge in [0.2, 0.25) is 6.19 Å². The van der Waals surface area contributed by atoms with Gasteiger partial charge in [-0.2, -0.15) is 10.5 Å². The lowest BCUT2D eigenvalue weighted by molar-refractivity contribution is 0.0120. The van der Waals surface area contributed by atoms with Gasteiger partial charge in [0, 0.05) is 32.7 Å². The van der Waals surface area contributed by atoms with Crippen molar-refractivity contribution in [3.8, 4) is 23.8 Å². The number of hydrogen-bond acceptors (Lipinski definition) is 7. The molecule has 4 rings (SSSR count). The van der Waals surface area contributed by atoms with Crippen LogP contribution in [0.2, 0.25) is 0 Å². The summed E-state index contributed by atoms with van der Waals surface area (Å²) in [5, 5.41) is 28.5. The molecule has 2 fully saturated rings. The van der Waals surface area contributed by atoms with Gasteiger partial charge in [-0.15, -0.1) is 4.99 Å². The van der Waals surface area contributed by atoms with Crippen molar-refractivity contribution in [2.45, 2.75) is 12.5 Å². The maximum atomic E-state index is 10.5. The SMILES string of the molecule is N#CN=C(Oc1ccccc1)N1CC2CC(CN(CC(O)COc3ccc(C#N)cc3)C2)C1. The number of nitriles is 2. The smallest absolute Gasteiger partial charge is 0.308 e. The van der Waals surface area contributed by atoms with Crippen LogP contribution in [-0.2, 0) is 0 Å². The molecule has 0 aromatic heterocycles. The summed E-state index contributed by atoms with van der Waals surface area (Å²) in [6, 6.07) is 18.7. The van der Waals surface area contributed by atoms with Crippen LogP contribution in [0.25, 0.3) is 0 Å². The maximum Gasteiger partial charge on any atom is 0.308 e. The molecule has 2 bridgehead atoms. The Balaban J connectivity index is 1.28. The number of piperidine rings is 2. The van der Waals surface area contributed by atoms with E-state index in [1.807, 2.05) is 36.5 Å². The van der Waals surface area contributed by atoms with E-state index in [1.54, 1.807) is 24.3 Å². The van der Waals surface area contributed by atoms with Crippen molar-refractivity contribution >= 4 is 6.02 Å². The summed E-state index contributed by atoms with van der Waals surface area (Å²) in [6.07, 6.45) is 2.38. The predicted molar refractivity (Wildman–Crippen MR) is 122 cm³/mol. The van der Waals surface area contributed by atoms with Gasteiger partial charge in [0.15, 0.2) is 0 Å². The molecule has 3 atom stereocenters. The van der Waals surface area contributed by atoms with Crippen molar-refractivity contribution in [1.82, 2.24) is 9.80 Å². The van der Waals surface area contributed by atoms with Gasteiger partial charge >= 0.3 is 6.02 Å². The number of benzene rings is 2. The topological polar surface area (TPSA) is 105 Å². The van der Waals surface area contributed by atoms with Crippen LogP contribution in [0, 0.1) is 34.6 Å². The molecule has 0 radical (unpaired) electrons. The van der Waals surface area contributed by atoms with Crippen LogP contribution >= 0.6 is 0 Å². The number of nitrogens with zero attached hydrogens (tertiary/aromatic N) is 5. The summed E-state index contributed by atoms with van der Waals surface area (Å²) in [7, 11) is 0. The molecule has 2 aromatic carbocycles. The number of aliphatic imine (C=N–C) groups is 1. The number of β-amino-alcohol motifs (C(OH)–C–C–N with tert-alkyl or cyclic N) is 1. The molecule has 33 heavy (non-hydrogen) atoms. The van der Waals surface area contributed by atoms with E-state index in [-0.39, 0.29) is 6.61 Å². The quantitative estimate of drug-likeness (QED) is 0.414. The molecule has 8 nitrogen and oxygen atoms in total. The first kappa shape index (κ1) is 22.6. The molecule has 8 heteroatoms. The molecule has 2 aromatic rings. The second-order valence-corrected chi connectivity index (χ2v) is 8.60. The van der Waals surface area contributed by atoms with E-state index in [0.29, 0.717) is 41.5 Å². The number of para-hydroxylation sites is 1. The van der Waals surface area contributed by atoms with Crippen LogP contribution < -0.4 is 9.47 Å². The van der Waals surface area contributed by atoms with Crippen LogP contribution in [0.4, 0.5) is 0 Å². The molecule has 0 amide bonds. The standard InChI is InChI=1S/C25H27N5O3/c26-11-19-6-8-23(9-7-19)32-17-22(31)16-29-12-20-10-21(13-29)15-30(14-20)25(28-18-27)33-24-4-2-1-3-5-24/h1-9,20-22,31H,10,12-17H2. The number of aliphatic hydroxyl groups is 1. The van der Waals surface area contributed by atoms with Gasteiger partial charge in [-0.1, -0.05) is 18.2 Å². The van der Waals surface area contributed by atoms with E-state index in [9.17, 15) is 5.11 Å². The molecule has 2 heterocycles. The number of fused-ring (bicyclic) bond motifs is 2. The maximum absolute atomic E-state index is 10.5. The van der Waals surface area contributed by atoms with Crippen LogP contribution in [0.15, 0.2) is 59.6 Å². The van der Waals surface area contributed by atoms with Crippen molar-refractivity contribution in [2.24, 2.45) is 16.8 Å². The fourth-order valence-electron chi connectivity index (χ4n) is 4.66. The Morgan fingerprint density at radius 2 is 1.70 bits per heavy atom. The Morgan fingerprint density at radius 3 is 2.33 bits per heavy atom. The average Bonchev–Trinajstić information content (AvgIpc) is 2.83. The van der Waals surface area contributed by atoms with Gasteiger partial charge in [-0.25, -0.2) is 0 Å². The van der Waals surface area contributed by atoms with E-state index in [2.05, 4.69) is 20.9 Å². The van der Waals surface area contributed by atoms with E-state index in [0.717, 1.165) is 32.6 Å². The largest absolute Gasteiger partial charge is 0.491 e. The van der Waals surface area contributed by atoms with Gasteiger partial charge in [-0.3, -0.25) is 4.90 Å². The highest BCUT2D eigenvalue weighted by Gasteiger charge is 2.36. The fourth-order valence-corrected chi connectivity index (χ4v) is 4.66. The normalized spacial score (nSPS) is 21.5. The number of ether oxygens (including phenoxy) is 2. The highest BCUT2D eigenvalue weighted by atomic mass is 16.5. The summed E-state index contributed by atoms with van der Waals surface area (Å²) < 4.78 is 11.6. The lowest BCUT2D eigenvalue weighted by Gasteiger charge is -2.46. The molecule has 2 aliphatic heterocycles. The summed E-state index contributed by atoms with van der Waals surface area (Å²) in [5.41, 5.74) is 0.578. The molecule has 3 unspecified atom stereocenters. The number of hydrogen-bond donors (Lipinski definition) is 1. The number of rotatable bonds is 6. The van der Waals surface area contributed by atoms with Crippen molar-refractivity contribution < 1.29 is 14.6 Å². The third-order valence-electron chi connectivity index (χ3n) is 5.92. The first-order chi connectivity index (χ1) is 16.1. The zero-order valence-corrected chi connectivity index (χ0v) is 18.4. The van der Waals surface area contributed by atoms with Crippen LogP contribution in [0.3, 0.4) is 0 Å². The lowest BCUT2D eigenvalue weighted by atomic mass is 9.84. The summed E-state index contributed by atoms with van der Waals surface area (Å²) >= 11 is 0. The Kier molecular flexibility index (Phi) is 7.41. The van der Waals surface area contributed by atoms with Gasteiger partial charge in [0.1, 0.15) is 24.2 Å². The molecule has 0 aliphatic carbocycles. The van der Waals surface area contributed by atoms with Crippen molar-refractivity contribution in [2.75, 3.05) is 39.3 Å². The number of likely N-dealkylation sites (tertiary alicyclic amines) is 2. The summed E-state index contributed by atoms with van der Waals surface area (Å²) in [4.78, 5) is 8.30. The van der Waals surface area contributed by atoms with Crippen molar-refractivity contribution in [3.05, 3.63) is 60.2 Å². The van der Waals surface area contributed by atoms with Gasteiger partial charge in [0.25, 0.3) is 0 Å². The first-order valence-electron chi connectivity index (χ1n) is 11.1. The highest BCUT2D eigenvalue weighted by molar-refractivity contribution is 5.77. The Bertz CT molecular complexity index is 1010. The average molecular weight is 446 g/mol. The number of aliphatic hydroxyl groups excluding tert-OH is 1. The van der Waals surface area contributed by atoms with Crippen molar-refractivity contribution in [3.63, 3.8) is 0 Å². The molecule has 0 spiro atoms. The molecular weight excluding hydrogens is 418 g/mol. The molecule has 0 saturated carbocycles. The van der Waals surface area contributed by atoms with E-state index >= 15 is 0 Å². The van der Waals surface area contributed by atoms with Crippen LogP contribution in [-0.4, -0.2) is 66.4 Å². The third kappa shape index (κ3) is 6.23. The molecule has 2 saturated heterocycles. The molecule has 2 aliphatic rings. The van der Waals surface area contributed by atoms with E-state index in [4.69, 9.17) is 20.0 Å². The second-order valence-electron chi connectivity index (χ2n) is 8.60. The zero-order valence-electron chi connectivity index (χ0n) is 18.4. The van der Waals surface area contributed by atoms with E-state index in [1.165, 1.54) is 0 Å². The van der Waals surface area contributed by atoms with Gasteiger partial charge in [-0.05, 0) is 54.7 Å². The number of amidine groups is 1. The minimum absolute atomic E-state index is 0.202. The Labute approximate surface area is 193 Å². The fraction of sp³-hybridized carbons (Fsp3) is 0.400. The monoisotopic (exact) mass is 445 g/mol. The third-order valence-corrected chi connectivity index (χ3v) is 5.92. The zero-order chi connectivity index (χ0) is 23.0.